The minimum atomic E-state index is 0.752. The lowest BCUT2D eigenvalue weighted by atomic mass is 9.99. The van der Waals surface area contributed by atoms with Crippen LogP contribution in [0.1, 0.15) is 44.9 Å². The van der Waals surface area contributed by atoms with Crippen LogP contribution >= 0.6 is 0 Å². The Hall–Kier alpha value is -2.50. The van der Waals surface area contributed by atoms with Crippen LogP contribution in [0.2, 0.25) is 0 Å². The van der Waals surface area contributed by atoms with E-state index in [-0.39, 0.29) is 0 Å². The zero-order chi connectivity index (χ0) is 15.5. The fraction of sp³-hybridized carbons (Fsp3) is 0.412. The third kappa shape index (κ3) is 2.88. The lowest BCUT2D eigenvalue weighted by Gasteiger charge is -2.12. The van der Waals surface area contributed by atoms with Crippen LogP contribution in [0.4, 0.5) is 5.82 Å². The Kier molecular flexibility index (Phi) is 3.88. The summed E-state index contributed by atoms with van der Waals surface area (Å²) in [5.41, 5.74) is 5.21. The Labute approximate surface area is 134 Å². The van der Waals surface area contributed by atoms with Crippen molar-refractivity contribution >= 4 is 27.9 Å². The van der Waals surface area contributed by atoms with Crippen LogP contribution in [0.25, 0.3) is 16.4 Å². The quantitative estimate of drug-likeness (QED) is 0.731. The largest absolute Gasteiger partial charge is 0.259 e. The Bertz CT molecular complexity index is 841. The first-order chi connectivity index (χ1) is 11.4. The van der Waals surface area contributed by atoms with Gasteiger partial charge < -0.3 is 0 Å². The molecule has 1 aliphatic carbocycles. The van der Waals surface area contributed by atoms with E-state index < -0.39 is 0 Å². The highest BCUT2D eigenvalue weighted by atomic mass is 15.4. The molecule has 2 heterocycles. The molecule has 0 unspecified atom stereocenters. The van der Waals surface area contributed by atoms with Crippen molar-refractivity contribution in [3.8, 4) is 0 Å². The fourth-order valence-electron chi connectivity index (χ4n) is 3.17. The van der Waals surface area contributed by atoms with Gasteiger partial charge in [0.15, 0.2) is 11.5 Å². The number of fused-ring (bicyclic) bond motifs is 3. The lowest BCUT2D eigenvalue weighted by Crippen LogP contribution is -2.07. The molecule has 4 rings (SSSR count). The Morgan fingerprint density at radius 2 is 1.70 bits per heavy atom. The van der Waals surface area contributed by atoms with Gasteiger partial charge in [-0.3, -0.25) is 5.43 Å². The summed E-state index contributed by atoms with van der Waals surface area (Å²) in [5, 5.41) is 19.4. The van der Waals surface area contributed by atoms with Crippen molar-refractivity contribution in [2.24, 2.45) is 5.10 Å². The zero-order valence-electron chi connectivity index (χ0n) is 13.1. The van der Waals surface area contributed by atoms with Crippen molar-refractivity contribution in [2.45, 2.75) is 44.9 Å². The van der Waals surface area contributed by atoms with Crippen LogP contribution in [0, 0.1) is 0 Å². The van der Waals surface area contributed by atoms with E-state index in [1.165, 1.54) is 37.8 Å². The Morgan fingerprint density at radius 3 is 2.52 bits per heavy atom. The zero-order valence-corrected chi connectivity index (χ0v) is 13.1. The predicted molar refractivity (Wildman–Crippen MR) is 91.7 cm³/mol. The summed E-state index contributed by atoms with van der Waals surface area (Å²) in [6.07, 6.45) is 10.2. The number of nitrogens with zero attached hydrogens (tertiary/aromatic N) is 5. The summed E-state index contributed by atoms with van der Waals surface area (Å²) < 4.78 is 1.70. The van der Waals surface area contributed by atoms with Crippen LogP contribution in [0.5, 0.6) is 0 Å². The molecule has 0 atom stereocenters. The first kappa shape index (κ1) is 14.1. The predicted octanol–water partition coefficient (Wildman–Crippen LogP) is 3.79. The molecule has 0 amide bonds. The second kappa shape index (κ2) is 6.32. The van der Waals surface area contributed by atoms with Crippen molar-refractivity contribution in [3.63, 3.8) is 0 Å². The summed E-state index contributed by atoms with van der Waals surface area (Å²) in [5.74, 6) is 0.752. The van der Waals surface area contributed by atoms with Crippen molar-refractivity contribution in [3.05, 3.63) is 30.6 Å². The number of aromatic nitrogens is 4. The molecule has 0 bridgehead atoms. The van der Waals surface area contributed by atoms with E-state index in [0.717, 1.165) is 35.1 Å². The third-order valence-electron chi connectivity index (χ3n) is 4.41. The monoisotopic (exact) mass is 308 g/mol. The van der Waals surface area contributed by atoms with Gasteiger partial charge >= 0.3 is 0 Å². The first-order valence-corrected chi connectivity index (χ1v) is 8.32. The Morgan fingerprint density at radius 1 is 0.957 bits per heavy atom. The van der Waals surface area contributed by atoms with Gasteiger partial charge in [-0.15, -0.1) is 15.3 Å². The first-order valence-electron chi connectivity index (χ1n) is 8.32. The van der Waals surface area contributed by atoms with Crippen molar-refractivity contribution in [1.29, 1.82) is 0 Å². The smallest absolute Gasteiger partial charge is 0.185 e. The van der Waals surface area contributed by atoms with E-state index in [1.807, 2.05) is 24.3 Å². The van der Waals surface area contributed by atoms with Gasteiger partial charge in [0.2, 0.25) is 0 Å². The maximum absolute atomic E-state index is 4.65. The highest BCUT2D eigenvalue weighted by Crippen LogP contribution is 2.24. The number of nitrogens with one attached hydrogen (secondary N) is 1. The number of benzene rings is 1. The van der Waals surface area contributed by atoms with E-state index in [0.29, 0.717) is 0 Å². The molecule has 1 aromatic carbocycles. The van der Waals surface area contributed by atoms with Crippen LogP contribution in [0.15, 0.2) is 35.7 Å². The average molecular weight is 308 g/mol. The molecule has 0 saturated heterocycles. The van der Waals surface area contributed by atoms with Crippen LogP contribution in [0.3, 0.4) is 0 Å². The fourth-order valence-corrected chi connectivity index (χ4v) is 3.17. The summed E-state index contributed by atoms with van der Waals surface area (Å²) in [6, 6.07) is 8.08. The van der Waals surface area contributed by atoms with Gasteiger partial charge in [0.05, 0.1) is 0 Å². The molecule has 0 radical (unpaired) electrons. The number of rotatable bonds is 2. The molecule has 1 N–H and O–H groups in total. The summed E-state index contributed by atoms with van der Waals surface area (Å²) in [4.78, 5) is 0. The minimum absolute atomic E-state index is 0.752. The third-order valence-corrected chi connectivity index (χ3v) is 4.41. The molecule has 118 valence electrons. The van der Waals surface area contributed by atoms with E-state index in [9.17, 15) is 0 Å². The second-order valence-corrected chi connectivity index (χ2v) is 6.05. The molecule has 0 spiro atoms. The molecule has 1 saturated carbocycles. The van der Waals surface area contributed by atoms with Gasteiger partial charge in [0.1, 0.15) is 6.33 Å². The van der Waals surface area contributed by atoms with Gasteiger partial charge in [-0.25, -0.2) is 0 Å². The molecule has 1 aliphatic rings. The van der Waals surface area contributed by atoms with Crippen molar-refractivity contribution in [1.82, 2.24) is 19.8 Å². The van der Waals surface area contributed by atoms with Crippen molar-refractivity contribution in [2.75, 3.05) is 5.43 Å². The minimum Gasteiger partial charge on any atom is -0.259 e. The summed E-state index contributed by atoms with van der Waals surface area (Å²) >= 11 is 0. The van der Waals surface area contributed by atoms with Gasteiger partial charge in [-0.1, -0.05) is 43.5 Å². The highest BCUT2D eigenvalue weighted by Gasteiger charge is 2.10. The van der Waals surface area contributed by atoms with Gasteiger partial charge in [-0.2, -0.15) is 9.62 Å². The molecular formula is C17H20N6. The van der Waals surface area contributed by atoms with Gasteiger partial charge in [0, 0.05) is 16.5 Å². The molecule has 1 fully saturated rings. The highest BCUT2D eigenvalue weighted by molar-refractivity contribution is 6.00. The van der Waals surface area contributed by atoms with Gasteiger partial charge in [0.25, 0.3) is 0 Å². The van der Waals surface area contributed by atoms with Crippen LogP contribution in [-0.4, -0.2) is 25.5 Å². The second-order valence-electron chi connectivity index (χ2n) is 6.05. The normalized spacial score (nSPS) is 16.3. The SMILES string of the molecule is c1ccc2c(c1)c(NN=C1CCCCCCC1)nn1cnnc21. The summed E-state index contributed by atoms with van der Waals surface area (Å²) in [7, 11) is 0. The lowest BCUT2D eigenvalue weighted by molar-refractivity contribution is 0.606. The van der Waals surface area contributed by atoms with Crippen LogP contribution in [-0.2, 0) is 0 Å². The Balaban J connectivity index is 1.69. The molecular weight excluding hydrogens is 288 g/mol. The summed E-state index contributed by atoms with van der Waals surface area (Å²) in [6.45, 7) is 0. The molecule has 6 heteroatoms. The molecule has 3 aromatic rings. The maximum Gasteiger partial charge on any atom is 0.185 e. The number of hydrazone groups is 1. The molecule has 6 nitrogen and oxygen atoms in total. The molecule has 0 aliphatic heterocycles. The maximum atomic E-state index is 4.65. The van der Waals surface area contributed by atoms with Crippen LogP contribution < -0.4 is 5.43 Å². The number of anilines is 1. The molecule has 23 heavy (non-hydrogen) atoms. The van der Waals surface area contributed by atoms with E-state index >= 15 is 0 Å². The van der Waals surface area contributed by atoms with Gasteiger partial charge in [-0.05, 0) is 25.7 Å². The van der Waals surface area contributed by atoms with E-state index in [4.69, 9.17) is 0 Å². The standard InChI is InChI=1S/C17H20N6/c1-2-4-8-13(9-5-3-1)19-20-16-14-10-6-7-11-15(14)17-21-18-12-23(17)22-16/h6-7,10-12H,1-5,8-9H2,(H,20,22). The average Bonchev–Trinajstić information content (AvgIpc) is 3.02. The topological polar surface area (TPSA) is 67.5 Å². The number of hydrogen-bond donors (Lipinski definition) is 1. The molecule has 2 aromatic heterocycles. The van der Waals surface area contributed by atoms with E-state index in [1.54, 1.807) is 10.8 Å². The van der Waals surface area contributed by atoms with Crippen molar-refractivity contribution < 1.29 is 0 Å². The van der Waals surface area contributed by atoms with E-state index in [2.05, 4.69) is 25.8 Å². The number of hydrogen-bond acceptors (Lipinski definition) is 5.